The van der Waals surface area contributed by atoms with Crippen LogP contribution in [0.2, 0.25) is 0 Å². The maximum absolute atomic E-state index is 2.42. The van der Waals surface area contributed by atoms with Gasteiger partial charge in [0.2, 0.25) is 0 Å². The molecule has 1 aliphatic heterocycles. The van der Waals surface area contributed by atoms with Crippen molar-refractivity contribution in [3.63, 3.8) is 0 Å². The number of anilines is 5. The first kappa shape index (κ1) is 26.1. The van der Waals surface area contributed by atoms with Crippen LogP contribution in [-0.4, -0.2) is 6.54 Å². The molecule has 0 spiro atoms. The van der Waals surface area contributed by atoms with Crippen LogP contribution in [0.25, 0.3) is 33.0 Å². The van der Waals surface area contributed by atoms with E-state index in [1.807, 2.05) is 0 Å². The van der Waals surface area contributed by atoms with Gasteiger partial charge >= 0.3 is 0 Å². The molecular weight excluding hydrogens is 532 g/mol. The Hall–Kier alpha value is -5.60. The molecule has 0 atom stereocenters. The summed E-state index contributed by atoms with van der Waals surface area (Å²) >= 11 is 0. The Morgan fingerprint density at radius 3 is 1.64 bits per heavy atom. The smallest absolute Gasteiger partial charge is 0.0462 e. The molecule has 2 heteroatoms. The quantitative estimate of drug-likeness (QED) is 0.198. The first-order valence-electron chi connectivity index (χ1n) is 15.3. The minimum absolute atomic E-state index is 1.03. The summed E-state index contributed by atoms with van der Waals surface area (Å²) in [4.78, 5) is 4.74. The van der Waals surface area contributed by atoms with Gasteiger partial charge in [-0.1, -0.05) is 109 Å². The molecular formula is C42H32N2. The predicted octanol–water partition coefficient (Wildman–Crippen LogP) is 11.3. The molecule has 0 aromatic heterocycles. The van der Waals surface area contributed by atoms with Crippen LogP contribution in [0.15, 0.2) is 170 Å². The SMILES string of the molecule is c1ccc(N(c2ccc(-c3ccc(N4CCc5ccccc54)cc3)cc2)c2ccc(-c3ccc4ccccc4c3)cc2)cc1. The second-order valence-electron chi connectivity index (χ2n) is 11.4. The van der Waals surface area contributed by atoms with Gasteiger partial charge in [-0.25, -0.2) is 0 Å². The third-order valence-corrected chi connectivity index (χ3v) is 8.75. The van der Waals surface area contributed by atoms with E-state index in [-0.39, 0.29) is 0 Å². The van der Waals surface area contributed by atoms with E-state index in [2.05, 4.69) is 180 Å². The van der Waals surface area contributed by atoms with Gasteiger partial charge in [0.1, 0.15) is 0 Å². The molecule has 7 aromatic carbocycles. The van der Waals surface area contributed by atoms with Crippen molar-refractivity contribution in [3.8, 4) is 22.3 Å². The number of rotatable bonds is 6. The fourth-order valence-electron chi connectivity index (χ4n) is 6.44. The van der Waals surface area contributed by atoms with Crippen molar-refractivity contribution < 1.29 is 0 Å². The number of hydrogen-bond acceptors (Lipinski definition) is 2. The van der Waals surface area contributed by atoms with Crippen LogP contribution >= 0.6 is 0 Å². The van der Waals surface area contributed by atoms with Gasteiger partial charge in [0, 0.05) is 35.0 Å². The van der Waals surface area contributed by atoms with Crippen molar-refractivity contribution >= 4 is 39.2 Å². The molecule has 44 heavy (non-hydrogen) atoms. The van der Waals surface area contributed by atoms with E-state index < -0.39 is 0 Å². The number of hydrogen-bond donors (Lipinski definition) is 0. The Balaban J connectivity index is 1.07. The van der Waals surface area contributed by atoms with Crippen LogP contribution in [0.5, 0.6) is 0 Å². The third kappa shape index (κ3) is 4.91. The molecule has 0 N–H and O–H groups in total. The molecule has 0 bridgehead atoms. The van der Waals surface area contributed by atoms with Crippen LogP contribution in [0, 0.1) is 0 Å². The van der Waals surface area contributed by atoms with Gasteiger partial charge in [0.15, 0.2) is 0 Å². The molecule has 7 aromatic rings. The summed E-state index contributed by atoms with van der Waals surface area (Å²) < 4.78 is 0. The summed E-state index contributed by atoms with van der Waals surface area (Å²) in [7, 11) is 0. The van der Waals surface area contributed by atoms with Gasteiger partial charge in [-0.2, -0.15) is 0 Å². The third-order valence-electron chi connectivity index (χ3n) is 8.75. The van der Waals surface area contributed by atoms with Gasteiger partial charge in [-0.05, 0) is 106 Å². The van der Waals surface area contributed by atoms with Crippen molar-refractivity contribution in [2.24, 2.45) is 0 Å². The van der Waals surface area contributed by atoms with Crippen LogP contribution in [0.1, 0.15) is 5.56 Å². The summed E-state index contributed by atoms with van der Waals surface area (Å²) in [6.07, 6.45) is 1.10. The highest BCUT2D eigenvalue weighted by atomic mass is 15.2. The highest BCUT2D eigenvalue weighted by Gasteiger charge is 2.19. The van der Waals surface area contributed by atoms with E-state index in [0.29, 0.717) is 0 Å². The average molecular weight is 565 g/mol. The molecule has 0 radical (unpaired) electrons. The highest BCUT2D eigenvalue weighted by Crippen LogP contribution is 2.38. The Morgan fingerprint density at radius 1 is 0.409 bits per heavy atom. The van der Waals surface area contributed by atoms with E-state index in [4.69, 9.17) is 0 Å². The fourth-order valence-corrected chi connectivity index (χ4v) is 6.44. The van der Waals surface area contributed by atoms with Crippen molar-refractivity contribution in [1.29, 1.82) is 0 Å². The maximum Gasteiger partial charge on any atom is 0.0462 e. The van der Waals surface area contributed by atoms with Gasteiger partial charge in [0.25, 0.3) is 0 Å². The minimum Gasteiger partial charge on any atom is -0.341 e. The van der Waals surface area contributed by atoms with E-state index >= 15 is 0 Å². The van der Waals surface area contributed by atoms with Crippen LogP contribution in [0.3, 0.4) is 0 Å². The largest absolute Gasteiger partial charge is 0.341 e. The molecule has 0 fully saturated rings. The molecule has 0 unspecified atom stereocenters. The second kappa shape index (κ2) is 11.2. The second-order valence-corrected chi connectivity index (χ2v) is 11.4. The number of benzene rings is 7. The van der Waals surface area contributed by atoms with Crippen LogP contribution < -0.4 is 9.80 Å². The minimum atomic E-state index is 1.03. The Kier molecular flexibility index (Phi) is 6.66. The zero-order chi connectivity index (χ0) is 29.3. The predicted molar refractivity (Wildman–Crippen MR) is 187 cm³/mol. The summed E-state index contributed by atoms with van der Waals surface area (Å²) in [5.41, 5.74) is 12.3. The lowest BCUT2D eigenvalue weighted by molar-refractivity contribution is 0.998. The van der Waals surface area contributed by atoms with Crippen molar-refractivity contribution in [2.45, 2.75) is 6.42 Å². The van der Waals surface area contributed by atoms with Gasteiger partial charge < -0.3 is 9.80 Å². The van der Waals surface area contributed by atoms with Crippen molar-refractivity contribution in [2.75, 3.05) is 16.3 Å². The summed E-state index contributed by atoms with van der Waals surface area (Å²) in [6, 6.07) is 61.3. The summed E-state index contributed by atoms with van der Waals surface area (Å²) in [5, 5.41) is 2.52. The molecule has 1 heterocycles. The topological polar surface area (TPSA) is 6.48 Å². The molecule has 1 aliphatic rings. The maximum atomic E-state index is 2.42. The summed E-state index contributed by atoms with van der Waals surface area (Å²) in [5.74, 6) is 0. The molecule has 0 aliphatic carbocycles. The van der Waals surface area contributed by atoms with Gasteiger partial charge in [-0.3, -0.25) is 0 Å². The molecule has 210 valence electrons. The summed E-state index contributed by atoms with van der Waals surface area (Å²) in [6.45, 7) is 1.03. The van der Waals surface area contributed by atoms with Gasteiger partial charge in [0.05, 0.1) is 0 Å². The lowest BCUT2D eigenvalue weighted by Crippen LogP contribution is -2.12. The average Bonchev–Trinajstić information content (AvgIpc) is 3.54. The lowest BCUT2D eigenvalue weighted by atomic mass is 10.0. The lowest BCUT2D eigenvalue weighted by Gasteiger charge is -2.26. The van der Waals surface area contributed by atoms with Gasteiger partial charge in [-0.15, -0.1) is 0 Å². The van der Waals surface area contributed by atoms with E-state index in [1.165, 1.54) is 50.0 Å². The van der Waals surface area contributed by atoms with E-state index in [1.54, 1.807) is 0 Å². The zero-order valence-corrected chi connectivity index (χ0v) is 24.5. The van der Waals surface area contributed by atoms with Crippen LogP contribution in [0.4, 0.5) is 28.4 Å². The first-order valence-corrected chi connectivity index (χ1v) is 15.3. The standard InChI is InChI=1S/C42H32N2/c1-2-11-39(12-3-1)44(41-26-20-34(21-27-41)37-15-14-31-8-4-5-10-36(31)30-37)40-24-18-33(19-25-40)32-16-22-38(23-17-32)43-29-28-35-9-6-7-13-42(35)43/h1-27,30H,28-29H2. The number of para-hydroxylation sites is 2. The molecule has 0 saturated carbocycles. The van der Waals surface area contributed by atoms with Crippen LogP contribution in [-0.2, 0) is 6.42 Å². The number of nitrogens with zero attached hydrogens (tertiary/aromatic N) is 2. The molecule has 8 rings (SSSR count). The van der Waals surface area contributed by atoms with E-state index in [9.17, 15) is 0 Å². The Bertz CT molecular complexity index is 2040. The number of fused-ring (bicyclic) bond motifs is 2. The highest BCUT2D eigenvalue weighted by molar-refractivity contribution is 5.88. The Morgan fingerprint density at radius 2 is 0.932 bits per heavy atom. The molecule has 0 amide bonds. The van der Waals surface area contributed by atoms with Crippen molar-refractivity contribution in [1.82, 2.24) is 0 Å². The monoisotopic (exact) mass is 564 g/mol. The van der Waals surface area contributed by atoms with Crippen molar-refractivity contribution in [3.05, 3.63) is 175 Å². The first-order chi connectivity index (χ1) is 21.8. The molecule has 2 nitrogen and oxygen atoms in total. The Labute approximate surface area is 259 Å². The van der Waals surface area contributed by atoms with E-state index in [0.717, 1.165) is 30.0 Å². The molecule has 0 saturated heterocycles. The normalized spacial score (nSPS) is 12.3. The fraction of sp³-hybridized carbons (Fsp3) is 0.0476. The zero-order valence-electron chi connectivity index (χ0n) is 24.5.